The van der Waals surface area contributed by atoms with Crippen LogP contribution in [0.1, 0.15) is 16.7 Å². The number of ether oxygens (including phenoxy) is 1. The highest BCUT2D eigenvalue weighted by Crippen LogP contribution is 2.22. The molecule has 22 heavy (non-hydrogen) atoms. The Bertz CT molecular complexity index is 686. The number of nitrogens with one attached hydrogen (secondary N) is 1. The SMILES string of the molecule is Cc1ccc(COc2ccc(Cl)cc2C=NNC(N)=S)cc1. The maximum atomic E-state index is 6.00. The van der Waals surface area contributed by atoms with Gasteiger partial charge >= 0.3 is 0 Å². The van der Waals surface area contributed by atoms with Crippen LogP contribution >= 0.6 is 23.8 Å². The zero-order valence-electron chi connectivity index (χ0n) is 12.0. The van der Waals surface area contributed by atoms with Crippen LogP contribution in [-0.2, 0) is 6.61 Å². The molecule has 0 saturated heterocycles. The molecule has 2 rings (SSSR count). The molecule has 0 unspecified atom stereocenters. The smallest absolute Gasteiger partial charge is 0.184 e. The lowest BCUT2D eigenvalue weighted by Crippen LogP contribution is -2.24. The monoisotopic (exact) mass is 333 g/mol. The van der Waals surface area contributed by atoms with Crippen molar-refractivity contribution >= 4 is 35.1 Å². The highest BCUT2D eigenvalue weighted by molar-refractivity contribution is 7.80. The molecular formula is C16H16ClN3OS. The predicted octanol–water partition coefficient (Wildman–Crippen LogP) is 3.39. The molecule has 0 radical (unpaired) electrons. The third-order valence-corrected chi connectivity index (χ3v) is 3.19. The van der Waals surface area contributed by atoms with Crippen LogP contribution in [0, 0.1) is 6.92 Å². The van der Waals surface area contributed by atoms with E-state index >= 15 is 0 Å². The van der Waals surface area contributed by atoms with E-state index in [0.717, 1.165) is 11.1 Å². The summed E-state index contributed by atoms with van der Waals surface area (Å²) in [5, 5.41) is 4.62. The second kappa shape index (κ2) is 7.77. The molecule has 0 spiro atoms. The quantitative estimate of drug-likeness (QED) is 0.500. The van der Waals surface area contributed by atoms with Crippen LogP contribution < -0.4 is 15.9 Å². The van der Waals surface area contributed by atoms with Crippen molar-refractivity contribution in [2.24, 2.45) is 10.8 Å². The summed E-state index contributed by atoms with van der Waals surface area (Å²) in [5.41, 5.74) is 10.9. The highest BCUT2D eigenvalue weighted by atomic mass is 35.5. The Morgan fingerprint density at radius 1 is 1.32 bits per heavy atom. The maximum absolute atomic E-state index is 6.00. The Hall–Kier alpha value is -2.11. The zero-order valence-corrected chi connectivity index (χ0v) is 13.6. The van der Waals surface area contributed by atoms with Gasteiger partial charge in [-0.25, -0.2) is 0 Å². The summed E-state index contributed by atoms with van der Waals surface area (Å²) in [7, 11) is 0. The van der Waals surface area contributed by atoms with Gasteiger partial charge in [0, 0.05) is 10.6 Å². The fraction of sp³-hybridized carbons (Fsp3) is 0.125. The topological polar surface area (TPSA) is 59.6 Å². The number of nitrogens with two attached hydrogens (primary N) is 1. The molecule has 2 aromatic rings. The molecule has 6 heteroatoms. The van der Waals surface area contributed by atoms with Gasteiger partial charge in [-0.2, -0.15) is 5.10 Å². The van der Waals surface area contributed by atoms with Crippen LogP contribution in [0.4, 0.5) is 0 Å². The molecular weight excluding hydrogens is 318 g/mol. The maximum Gasteiger partial charge on any atom is 0.184 e. The number of rotatable bonds is 5. The van der Waals surface area contributed by atoms with E-state index in [9.17, 15) is 0 Å². The Kier molecular flexibility index (Phi) is 5.75. The average Bonchev–Trinajstić information content (AvgIpc) is 2.48. The van der Waals surface area contributed by atoms with E-state index in [1.54, 1.807) is 24.4 Å². The second-order valence-corrected chi connectivity index (χ2v) is 5.57. The van der Waals surface area contributed by atoms with Gasteiger partial charge in [0.25, 0.3) is 0 Å². The van der Waals surface area contributed by atoms with Crippen molar-refractivity contribution in [1.29, 1.82) is 0 Å². The second-order valence-electron chi connectivity index (χ2n) is 4.69. The standard InChI is InChI=1S/C16H16ClN3OS/c1-11-2-4-12(5-3-11)10-21-15-7-6-14(17)8-13(15)9-19-20-16(18)22/h2-9H,10H2,1H3,(H3,18,20,22). The summed E-state index contributed by atoms with van der Waals surface area (Å²) in [5.74, 6) is 0.679. The van der Waals surface area contributed by atoms with Gasteiger partial charge in [-0.15, -0.1) is 0 Å². The molecule has 0 aliphatic heterocycles. The van der Waals surface area contributed by atoms with E-state index in [4.69, 9.17) is 34.3 Å². The highest BCUT2D eigenvalue weighted by Gasteiger charge is 2.04. The summed E-state index contributed by atoms with van der Waals surface area (Å²) in [6.45, 7) is 2.51. The van der Waals surface area contributed by atoms with E-state index in [1.165, 1.54) is 5.56 Å². The summed E-state index contributed by atoms with van der Waals surface area (Å²) in [6.07, 6.45) is 1.56. The van der Waals surface area contributed by atoms with Gasteiger partial charge in [-0.05, 0) is 42.9 Å². The van der Waals surface area contributed by atoms with Crippen molar-refractivity contribution in [2.75, 3.05) is 0 Å². The number of aryl methyl sites for hydroxylation is 1. The lowest BCUT2D eigenvalue weighted by molar-refractivity contribution is 0.306. The van der Waals surface area contributed by atoms with Crippen LogP contribution in [0.3, 0.4) is 0 Å². The largest absolute Gasteiger partial charge is 0.488 e. The van der Waals surface area contributed by atoms with Crippen LogP contribution in [0.25, 0.3) is 0 Å². The Labute approximate surface area is 139 Å². The first kappa shape index (κ1) is 16.3. The van der Waals surface area contributed by atoms with Crippen molar-refractivity contribution in [3.63, 3.8) is 0 Å². The summed E-state index contributed by atoms with van der Waals surface area (Å²) in [4.78, 5) is 0. The Morgan fingerprint density at radius 3 is 2.73 bits per heavy atom. The molecule has 3 N–H and O–H groups in total. The molecule has 0 bridgehead atoms. The molecule has 0 atom stereocenters. The van der Waals surface area contributed by atoms with E-state index in [2.05, 4.69) is 22.7 Å². The molecule has 2 aromatic carbocycles. The normalized spacial score (nSPS) is 10.6. The molecule has 0 amide bonds. The molecule has 4 nitrogen and oxygen atoms in total. The first-order chi connectivity index (χ1) is 10.5. The first-order valence-electron chi connectivity index (χ1n) is 6.61. The minimum absolute atomic E-state index is 0.0976. The van der Waals surface area contributed by atoms with Gasteiger partial charge < -0.3 is 10.5 Å². The molecule has 114 valence electrons. The summed E-state index contributed by atoms with van der Waals surface area (Å²) < 4.78 is 5.83. The Balaban J connectivity index is 2.10. The van der Waals surface area contributed by atoms with Crippen molar-refractivity contribution in [2.45, 2.75) is 13.5 Å². The van der Waals surface area contributed by atoms with E-state index in [0.29, 0.717) is 17.4 Å². The third-order valence-electron chi connectivity index (χ3n) is 2.87. The average molecular weight is 334 g/mol. The minimum Gasteiger partial charge on any atom is -0.488 e. The van der Waals surface area contributed by atoms with Crippen LogP contribution in [0.15, 0.2) is 47.6 Å². The lowest BCUT2D eigenvalue weighted by Gasteiger charge is -2.10. The fourth-order valence-corrected chi connectivity index (χ4v) is 2.00. The predicted molar refractivity (Wildman–Crippen MR) is 94.5 cm³/mol. The number of benzene rings is 2. The van der Waals surface area contributed by atoms with Gasteiger partial charge in [0.1, 0.15) is 12.4 Å². The van der Waals surface area contributed by atoms with Gasteiger partial charge in [0.15, 0.2) is 5.11 Å². The van der Waals surface area contributed by atoms with E-state index in [-0.39, 0.29) is 5.11 Å². The van der Waals surface area contributed by atoms with Crippen LogP contribution in [0.2, 0.25) is 5.02 Å². The number of hydrazone groups is 1. The van der Waals surface area contributed by atoms with Crippen molar-refractivity contribution in [3.05, 3.63) is 64.2 Å². The van der Waals surface area contributed by atoms with Gasteiger partial charge in [-0.1, -0.05) is 41.4 Å². The number of halogens is 1. The zero-order chi connectivity index (χ0) is 15.9. The van der Waals surface area contributed by atoms with E-state index in [1.807, 2.05) is 19.1 Å². The summed E-state index contributed by atoms with van der Waals surface area (Å²) >= 11 is 10.7. The number of thiocarbonyl (C=S) groups is 1. The fourth-order valence-electron chi connectivity index (χ4n) is 1.76. The van der Waals surface area contributed by atoms with Crippen molar-refractivity contribution < 1.29 is 4.74 Å². The summed E-state index contributed by atoms with van der Waals surface area (Å²) in [6, 6.07) is 13.5. The minimum atomic E-state index is 0.0976. The van der Waals surface area contributed by atoms with Crippen LogP contribution in [0.5, 0.6) is 5.75 Å². The van der Waals surface area contributed by atoms with Crippen molar-refractivity contribution in [3.8, 4) is 5.75 Å². The third kappa shape index (κ3) is 5.02. The molecule has 0 aromatic heterocycles. The molecule has 0 fully saturated rings. The number of nitrogens with zero attached hydrogens (tertiary/aromatic N) is 1. The van der Waals surface area contributed by atoms with E-state index < -0.39 is 0 Å². The van der Waals surface area contributed by atoms with Crippen molar-refractivity contribution in [1.82, 2.24) is 5.43 Å². The first-order valence-corrected chi connectivity index (χ1v) is 7.39. The lowest BCUT2D eigenvalue weighted by atomic mass is 10.1. The Morgan fingerprint density at radius 2 is 2.05 bits per heavy atom. The van der Waals surface area contributed by atoms with Crippen LogP contribution in [-0.4, -0.2) is 11.3 Å². The number of hydrogen-bond donors (Lipinski definition) is 2. The molecule has 0 heterocycles. The van der Waals surface area contributed by atoms with Gasteiger partial charge in [0.05, 0.1) is 6.21 Å². The molecule has 0 saturated carbocycles. The number of hydrogen-bond acceptors (Lipinski definition) is 3. The molecule has 0 aliphatic carbocycles. The molecule has 0 aliphatic rings. The van der Waals surface area contributed by atoms with Gasteiger partial charge in [-0.3, -0.25) is 5.43 Å². The van der Waals surface area contributed by atoms with Gasteiger partial charge in [0.2, 0.25) is 0 Å².